The van der Waals surface area contributed by atoms with Crippen LogP contribution < -0.4 is 15.4 Å². The molecule has 2 aliphatic rings. The number of carbonyl (C=O) groups excluding carboxylic acids is 1. The van der Waals surface area contributed by atoms with Gasteiger partial charge in [0.15, 0.2) is 0 Å². The molecule has 0 spiro atoms. The van der Waals surface area contributed by atoms with Crippen LogP contribution in [0.15, 0.2) is 58.4 Å². The minimum atomic E-state index is -0.254. The van der Waals surface area contributed by atoms with Crippen molar-refractivity contribution in [1.29, 1.82) is 0 Å². The molecule has 35 heavy (non-hydrogen) atoms. The maximum Gasteiger partial charge on any atom is 0.267 e. The zero-order valence-corrected chi connectivity index (χ0v) is 21.0. The fourth-order valence-electron chi connectivity index (χ4n) is 4.38. The van der Waals surface area contributed by atoms with Crippen molar-refractivity contribution in [2.75, 3.05) is 36.0 Å². The average Bonchev–Trinajstić information content (AvgIpc) is 3.14. The van der Waals surface area contributed by atoms with Crippen molar-refractivity contribution in [2.24, 2.45) is 0 Å². The summed E-state index contributed by atoms with van der Waals surface area (Å²) < 4.78 is 16.3. The van der Waals surface area contributed by atoms with Crippen LogP contribution in [0.3, 0.4) is 0 Å². The molecule has 3 aromatic rings. The van der Waals surface area contributed by atoms with Crippen molar-refractivity contribution >= 4 is 57.4 Å². The molecule has 0 N–H and O–H groups in total. The van der Waals surface area contributed by atoms with Gasteiger partial charge in [-0.15, -0.1) is 0 Å². The highest BCUT2D eigenvalue weighted by atomic mass is 32.2. The van der Waals surface area contributed by atoms with Crippen LogP contribution in [0.1, 0.15) is 19.4 Å². The Hall–Kier alpha value is -3.24. The zero-order chi connectivity index (χ0) is 24.7. The van der Waals surface area contributed by atoms with E-state index in [1.54, 1.807) is 41.4 Å². The van der Waals surface area contributed by atoms with Crippen molar-refractivity contribution in [3.8, 4) is 0 Å². The summed E-state index contributed by atoms with van der Waals surface area (Å²) in [7, 11) is 0. The molecule has 2 aromatic heterocycles. The van der Waals surface area contributed by atoms with Crippen LogP contribution in [-0.2, 0) is 4.79 Å². The summed E-state index contributed by atoms with van der Waals surface area (Å²) in [5.41, 5.74) is 1.18. The van der Waals surface area contributed by atoms with Crippen LogP contribution in [0.4, 0.5) is 15.9 Å². The molecular weight excluding hydrogens is 485 g/mol. The van der Waals surface area contributed by atoms with Crippen LogP contribution in [0.25, 0.3) is 11.7 Å². The smallest absolute Gasteiger partial charge is 0.267 e. The number of rotatable bonds is 4. The monoisotopic (exact) mass is 509 g/mol. The Morgan fingerprint density at radius 2 is 1.71 bits per heavy atom. The van der Waals surface area contributed by atoms with Gasteiger partial charge in [0.05, 0.1) is 16.2 Å². The number of thiocarbonyl (C=S) groups is 1. The number of thioether (sulfide) groups is 1. The maximum atomic E-state index is 14.3. The van der Waals surface area contributed by atoms with Crippen molar-refractivity contribution < 1.29 is 9.18 Å². The van der Waals surface area contributed by atoms with Gasteiger partial charge < -0.3 is 9.80 Å². The van der Waals surface area contributed by atoms with Gasteiger partial charge in [-0.1, -0.05) is 42.2 Å². The lowest BCUT2D eigenvalue weighted by molar-refractivity contribution is -0.123. The van der Waals surface area contributed by atoms with Crippen LogP contribution >= 0.6 is 24.0 Å². The fourth-order valence-corrected chi connectivity index (χ4v) is 5.89. The van der Waals surface area contributed by atoms with Gasteiger partial charge in [-0.05, 0) is 44.2 Å². The number of halogens is 1. The Bertz CT molecular complexity index is 1410. The second kappa shape index (κ2) is 9.43. The lowest BCUT2D eigenvalue weighted by atomic mass is 10.2. The number of piperazine rings is 1. The molecule has 1 aromatic carbocycles. The Labute approximate surface area is 211 Å². The van der Waals surface area contributed by atoms with Crippen molar-refractivity contribution in [2.45, 2.75) is 19.9 Å². The third-order valence-corrected chi connectivity index (χ3v) is 7.47. The first-order chi connectivity index (χ1) is 16.8. The molecule has 4 heterocycles. The van der Waals surface area contributed by atoms with Gasteiger partial charge in [0, 0.05) is 38.4 Å². The number of nitrogens with zero attached hydrogens (tertiary/aromatic N) is 5. The summed E-state index contributed by atoms with van der Waals surface area (Å²) >= 11 is 6.60. The van der Waals surface area contributed by atoms with Crippen molar-refractivity contribution in [3.63, 3.8) is 0 Å². The molecule has 5 rings (SSSR count). The van der Waals surface area contributed by atoms with Gasteiger partial charge >= 0.3 is 0 Å². The van der Waals surface area contributed by atoms with E-state index in [1.807, 2.05) is 35.8 Å². The third kappa shape index (κ3) is 4.32. The number of para-hydroxylation sites is 1. The highest BCUT2D eigenvalue weighted by Crippen LogP contribution is 2.35. The average molecular weight is 510 g/mol. The number of carbonyl (C=O) groups is 1. The lowest BCUT2D eigenvalue weighted by Crippen LogP contribution is -2.47. The number of pyridine rings is 1. The molecule has 180 valence electrons. The van der Waals surface area contributed by atoms with E-state index >= 15 is 0 Å². The molecule has 0 aliphatic carbocycles. The highest BCUT2D eigenvalue weighted by molar-refractivity contribution is 8.26. The van der Waals surface area contributed by atoms with Gasteiger partial charge in [0.1, 0.15) is 21.6 Å². The molecule has 0 bridgehead atoms. The predicted octanol–water partition coefficient (Wildman–Crippen LogP) is 3.77. The molecule has 0 saturated carbocycles. The summed E-state index contributed by atoms with van der Waals surface area (Å²) in [6, 6.07) is 12.0. The molecule has 2 saturated heterocycles. The number of anilines is 2. The first kappa shape index (κ1) is 23.5. The number of aromatic nitrogens is 2. The fraction of sp³-hybridized carbons (Fsp3) is 0.280. The number of amides is 1. The van der Waals surface area contributed by atoms with Gasteiger partial charge in [-0.2, -0.15) is 0 Å². The van der Waals surface area contributed by atoms with Crippen LogP contribution in [0.2, 0.25) is 0 Å². The molecule has 2 fully saturated rings. The van der Waals surface area contributed by atoms with E-state index < -0.39 is 0 Å². The van der Waals surface area contributed by atoms with Crippen molar-refractivity contribution in [3.05, 3.63) is 75.3 Å². The summed E-state index contributed by atoms with van der Waals surface area (Å²) in [6.45, 7) is 6.06. The van der Waals surface area contributed by atoms with E-state index in [9.17, 15) is 14.0 Å². The predicted molar refractivity (Wildman–Crippen MR) is 142 cm³/mol. The quantitative estimate of drug-likeness (QED) is 0.392. The molecular formula is C25H24FN5O2S2. The summed E-state index contributed by atoms with van der Waals surface area (Å²) in [6.07, 6.45) is 3.29. The number of fused-ring (bicyclic) bond motifs is 1. The Balaban J connectivity index is 1.53. The van der Waals surface area contributed by atoms with E-state index in [-0.39, 0.29) is 23.3 Å². The largest absolute Gasteiger partial charge is 0.366 e. The van der Waals surface area contributed by atoms with E-state index in [0.29, 0.717) is 58.1 Å². The summed E-state index contributed by atoms with van der Waals surface area (Å²) in [4.78, 5) is 37.3. The third-order valence-electron chi connectivity index (χ3n) is 6.14. The summed E-state index contributed by atoms with van der Waals surface area (Å²) in [5, 5.41) is 0. The summed E-state index contributed by atoms with van der Waals surface area (Å²) in [5.74, 6) is 0.0583. The second-order valence-corrected chi connectivity index (χ2v) is 10.3. The van der Waals surface area contributed by atoms with Crippen molar-refractivity contribution in [1.82, 2.24) is 14.3 Å². The topological polar surface area (TPSA) is 61.2 Å². The Kier molecular flexibility index (Phi) is 6.33. The molecule has 0 unspecified atom stereocenters. The molecule has 7 nitrogen and oxygen atoms in total. The standard InChI is InChI=1S/C25H24FN5O2S2/c1-16(2)31-24(33)20(35-25(31)34)15-17-22(27-21-9-5-6-10-30(21)23(17)32)29-13-11-28(12-14-29)19-8-4-3-7-18(19)26/h3-10,15-16H,11-14H2,1-2H3/b20-15+. The molecule has 2 aliphatic heterocycles. The van der Waals surface area contributed by atoms with E-state index in [2.05, 4.69) is 0 Å². The molecule has 0 radical (unpaired) electrons. The van der Waals surface area contributed by atoms with E-state index in [1.165, 1.54) is 22.2 Å². The first-order valence-electron chi connectivity index (χ1n) is 11.4. The zero-order valence-electron chi connectivity index (χ0n) is 19.3. The normalized spacial score (nSPS) is 17.9. The minimum Gasteiger partial charge on any atom is -0.366 e. The van der Waals surface area contributed by atoms with Gasteiger partial charge in [-0.3, -0.25) is 18.9 Å². The van der Waals surface area contributed by atoms with Gasteiger partial charge in [-0.25, -0.2) is 9.37 Å². The Morgan fingerprint density at radius 1 is 1.03 bits per heavy atom. The van der Waals surface area contributed by atoms with Crippen LogP contribution in [-0.4, -0.2) is 56.7 Å². The number of hydrogen-bond acceptors (Lipinski definition) is 7. The molecule has 10 heteroatoms. The van der Waals surface area contributed by atoms with E-state index in [0.717, 1.165) is 0 Å². The van der Waals surface area contributed by atoms with Crippen LogP contribution in [0.5, 0.6) is 0 Å². The maximum absolute atomic E-state index is 14.3. The van der Waals surface area contributed by atoms with E-state index in [4.69, 9.17) is 17.2 Å². The number of benzene rings is 1. The lowest BCUT2D eigenvalue weighted by Gasteiger charge is -2.37. The van der Waals surface area contributed by atoms with Crippen LogP contribution in [0, 0.1) is 5.82 Å². The molecule has 0 atom stereocenters. The Morgan fingerprint density at radius 3 is 2.40 bits per heavy atom. The second-order valence-electron chi connectivity index (χ2n) is 8.65. The molecule has 1 amide bonds. The van der Waals surface area contributed by atoms with Gasteiger partial charge in [0.25, 0.3) is 11.5 Å². The number of hydrogen-bond donors (Lipinski definition) is 0. The van der Waals surface area contributed by atoms with Gasteiger partial charge in [0.2, 0.25) is 0 Å². The SMILES string of the molecule is CC(C)N1C(=O)/C(=C\c2c(N3CCN(c4ccccc4F)CC3)nc3ccccn3c2=O)SC1=S. The minimum absolute atomic E-state index is 0.0739. The highest BCUT2D eigenvalue weighted by Gasteiger charge is 2.34. The first-order valence-corrected chi connectivity index (χ1v) is 12.6.